The lowest BCUT2D eigenvalue weighted by Gasteiger charge is -2.30. The zero-order valence-corrected chi connectivity index (χ0v) is 22.7. The highest BCUT2D eigenvalue weighted by molar-refractivity contribution is 7.89. The lowest BCUT2D eigenvalue weighted by Crippen LogP contribution is -2.38. The molecule has 0 atom stereocenters. The van der Waals surface area contributed by atoms with Crippen LogP contribution in [0.2, 0.25) is 10.0 Å². The maximum atomic E-state index is 13.1. The predicted octanol–water partition coefficient (Wildman–Crippen LogP) is 5.35. The van der Waals surface area contributed by atoms with Crippen molar-refractivity contribution in [2.75, 3.05) is 20.8 Å². The molecule has 0 saturated heterocycles. The van der Waals surface area contributed by atoms with Crippen molar-refractivity contribution in [2.45, 2.75) is 49.6 Å². The molecule has 0 aliphatic heterocycles. The minimum absolute atomic E-state index is 0.0147. The molecule has 1 saturated carbocycles. The number of halogens is 2. The summed E-state index contributed by atoms with van der Waals surface area (Å²) in [6.45, 7) is 0.863. The summed E-state index contributed by atoms with van der Waals surface area (Å²) in [6.07, 6.45) is 4.98. The number of ether oxygens (including phenoxy) is 1. The van der Waals surface area contributed by atoms with Gasteiger partial charge in [0.25, 0.3) is 5.91 Å². The third-order valence-corrected chi connectivity index (χ3v) is 9.73. The molecular weight excluding hydrogens is 529 g/mol. The number of fused-ring (bicyclic) bond motifs is 1. The molecule has 0 N–H and O–H groups in total. The highest BCUT2D eigenvalue weighted by atomic mass is 35.5. The molecule has 7 nitrogen and oxygen atoms in total. The van der Waals surface area contributed by atoms with Gasteiger partial charge in [-0.05, 0) is 49.2 Å². The SMILES string of the molecule is COCCn1c(=NC(=O)c2ccc(S(=O)(=O)N(C)C3CCCCC3)cc2)sc2cc(Cl)cc(Cl)c21. The number of aromatic nitrogens is 1. The summed E-state index contributed by atoms with van der Waals surface area (Å²) in [4.78, 5) is 17.9. The molecule has 4 rings (SSSR count). The minimum Gasteiger partial charge on any atom is -0.383 e. The van der Waals surface area contributed by atoms with Crippen LogP contribution in [-0.4, -0.2) is 50.0 Å². The van der Waals surface area contributed by atoms with Crippen LogP contribution in [0, 0.1) is 0 Å². The van der Waals surface area contributed by atoms with Crippen LogP contribution in [-0.2, 0) is 21.3 Å². The van der Waals surface area contributed by atoms with Crippen molar-refractivity contribution >= 4 is 60.7 Å². The summed E-state index contributed by atoms with van der Waals surface area (Å²) >= 11 is 13.9. The van der Waals surface area contributed by atoms with Crippen LogP contribution >= 0.6 is 34.5 Å². The molecule has 0 radical (unpaired) electrons. The largest absolute Gasteiger partial charge is 0.383 e. The number of sulfonamides is 1. The molecule has 11 heteroatoms. The molecule has 1 aliphatic rings. The highest BCUT2D eigenvalue weighted by Gasteiger charge is 2.29. The minimum atomic E-state index is -3.63. The first-order chi connectivity index (χ1) is 16.7. The van der Waals surface area contributed by atoms with E-state index >= 15 is 0 Å². The Labute approximate surface area is 219 Å². The molecule has 3 aromatic rings. The summed E-state index contributed by atoms with van der Waals surface area (Å²) < 4.78 is 35.5. The van der Waals surface area contributed by atoms with Crippen molar-refractivity contribution in [2.24, 2.45) is 4.99 Å². The number of hydrogen-bond donors (Lipinski definition) is 0. The maximum absolute atomic E-state index is 13.1. The van der Waals surface area contributed by atoms with E-state index in [1.807, 2.05) is 4.57 Å². The number of methoxy groups -OCH3 is 1. The smallest absolute Gasteiger partial charge is 0.279 e. The summed E-state index contributed by atoms with van der Waals surface area (Å²) in [5.41, 5.74) is 1.03. The van der Waals surface area contributed by atoms with Crippen LogP contribution in [0.4, 0.5) is 0 Å². The lowest BCUT2D eigenvalue weighted by molar-refractivity contribution is 0.0997. The van der Waals surface area contributed by atoms with E-state index in [1.165, 1.54) is 39.9 Å². The Morgan fingerprint density at radius 3 is 2.51 bits per heavy atom. The van der Waals surface area contributed by atoms with E-state index in [0.29, 0.717) is 33.6 Å². The molecule has 188 valence electrons. The van der Waals surface area contributed by atoms with Gasteiger partial charge in [-0.3, -0.25) is 4.79 Å². The Kier molecular flexibility index (Phi) is 8.35. The van der Waals surface area contributed by atoms with Crippen LogP contribution in [0.15, 0.2) is 46.3 Å². The summed E-state index contributed by atoms with van der Waals surface area (Å²) in [6, 6.07) is 9.39. The highest BCUT2D eigenvalue weighted by Crippen LogP contribution is 2.30. The zero-order chi connectivity index (χ0) is 25.2. The summed E-state index contributed by atoms with van der Waals surface area (Å²) in [7, 11) is -0.404. The molecule has 0 unspecified atom stereocenters. The number of amides is 1. The lowest BCUT2D eigenvalue weighted by atomic mass is 9.96. The quantitative estimate of drug-likeness (QED) is 0.393. The molecule has 1 aliphatic carbocycles. The fourth-order valence-corrected chi connectivity index (χ4v) is 7.59. The van der Waals surface area contributed by atoms with Crippen LogP contribution in [0.1, 0.15) is 42.5 Å². The second kappa shape index (κ2) is 11.1. The Bertz CT molecular complexity index is 1390. The van der Waals surface area contributed by atoms with Gasteiger partial charge in [0.15, 0.2) is 4.80 Å². The van der Waals surface area contributed by atoms with Crippen molar-refractivity contribution in [3.8, 4) is 0 Å². The second-order valence-corrected chi connectivity index (χ2v) is 12.4. The van der Waals surface area contributed by atoms with Crippen molar-refractivity contribution in [3.63, 3.8) is 0 Å². The first-order valence-electron chi connectivity index (χ1n) is 11.4. The second-order valence-electron chi connectivity index (χ2n) is 8.52. The van der Waals surface area contributed by atoms with Gasteiger partial charge >= 0.3 is 0 Å². The van der Waals surface area contributed by atoms with E-state index in [9.17, 15) is 13.2 Å². The zero-order valence-electron chi connectivity index (χ0n) is 19.5. The van der Waals surface area contributed by atoms with Gasteiger partial charge in [0.2, 0.25) is 10.0 Å². The number of nitrogens with zero attached hydrogens (tertiary/aromatic N) is 3. The third kappa shape index (κ3) is 5.65. The van der Waals surface area contributed by atoms with Gasteiger partial charge in [-0.2, -0.15) is 9.30 Å². The molecule has 1 fully saturated rings. The number of benzene rings is 2. The van der Waals surface area contributed by atoms with E-state index in [1.54, 1.807) is 26.3 Å². The average molecular weight is 557 g/mol. The number of hydrogen-bond acceptors (Lipinski definition) is 5. The first kappa shape index (κ1) is 26.3. The van der Waals surface area contributed by atoms with Crippen molar-refractivity contribution in [1.29, 1.82) is 0 Å². The molecule has 1 amide bonds. The molecule has 0 spiro atoms. The van der Waals surface area contributed by atoms with E-state index in [0.717, 1.165) is 42.3 Å². The average Bonchev–Trinajstić information content (AvgIpc) is 3.19. The molecule has 35 heavy (non-hydrogen) atoms. The first-order valence-corrected chi connectivity index (χ1v) is 14.4. The fraction of sp³-hybridized carbons (Fsp3) is 0.417. The van der Waals surface area contributed by atoms with Crippen LogP contribution in [0.3, 0.4) is 0 Å². The maximum Gasteiger partial charge on any atom is 0.279 e. The molecule has 1 aromatic heterocycles. The number of rotatable bonds is 7. The van der Waals surface area contributed by atoms with Crippen LogP contribution in [0.25, 0.3) is 10.2 Å². The molecule has 1 heterocycles. The third-order valence-electron chi connectivity index (χ3n) is 6.28. The van der Waals surface area contributed by atoms with Gasteiger partial charge in [-0.1, -0.05) is 53.8 Å². The van der Waals surface area contributed by atoms with Gasteiger partial charge in [-0.25, -0.2) is 8.42 Å². The summed E-state index contributed by atoms with van der Waals surface area (Å²) in [5.74, 6) is -0.477. The van der Waals surface area contributed by atoms with E-state index in [2.05, 4.69) is 4.99 Å². The topological polar surface area (TPSA) is 81.0 Å². The normalized spacial score (nSPS) is 15.9. The van der Waals surface area contributed by atoms with Gasteiger partial charge in [0, 0.05) is 37.3 Å². The van der Waals surface area contributed by atoms with Gasteiger partial charge in [0.05, 0.1) is 26.7 Å². The number of thiazole rings is 1. The van der Waals surface area contributed by atoms with Crippen LogP contribution < -0.4 is 4.80 Å². The van der Waals surface area contributed by atoms with E-state index < -0.39 is 15.9 Å². The van der Waals surface area contributed by atoms with Gasteiger partial charge in [-0.15, -0.1) is 0 Å². The molecular formula is C24H27Cl2N3O4S2. The Morgan fingerprint density at radius 1 is 1.17 bits per heavy atom. The van der Waals surface area contributed by atoms with Crippen molar-refractivity contribution in [3.05, 3.63) is 56.8 Å². The Balaban J connectivity index is 1.64. The Morgan fingerprint density at radius 2 is 1.86 bits per heavy atom. The standard InChI is InChI=1S/C24H27Cl2N3O4S2/c1-28(18-6-4-3-5-7-18)35(31,32)19-10-8-16(9-11-19)23(30)27-24-29(12-13-33-2)22-20(26)14-17(25)15-21(22)34-24/h8-11,14-15,18H,3-7,12-13H2,1-2H3. The Hall–Kier alpha value is -1.75. The number of carbonyl (C=O) groups excluding carboxylic acids is 1. The fourth-order valence-electron chi connectivity index (χ4n) is 4.33. The van der Waals surface area contributed by atoms with Gasteiger partial charge < -0.3 is 9.30 Å². The van der Waals surface area contributed by atoms with E-state index in [4.69, 9.17) is 27.9 Å². The monoisotopic (exact) mass is 555 g/mol. The van der Waals surface area contributed by atoms with Crippen LogP contribution in [0.5, 0.6) is 0 Å². The number of carbonyl (C=O) groups is 1. The van der Waals surface area contributed by atoms with Crippen molar-refractivity contribution in [1.82, 2.24) is 8.87 Å². The van der Waals surface area contributed by atoms with E-state index in [-0.39, 0.29) is 10.9 Å². The predicted molar refractivity (Wildman–Crippen MR) is 140 cm³/mol. The van der Waals surface area contributed by atoms with Gasteiger partial charge in [0.1, 0.15) is 0 Å². The summed E-state index contributed by atoms with van der Waals surface area (Å²) in [5, 5.41) is 0.959. The van der Waals surface area contributed by atoms with Crippen molar-refractivity contribution < 1.29 is 17.9 Å². The molecule has 0 bridgehead atoms. The molecule has 2 aromatic carbocycles.